The second kappa shape index (κ2) is 7.83. The molecular weight excluding hydrogens is 316 g/mol. The lowest BCUT2D eigenvalue weighted by atomic mass is 9.86. The Hall–Kier alpha value is -2.82. The topological polar surface area (TPSA) is 67.4 Å². The number of nitrogens with one attached hydrogen (secondary N) is 2. The fraction of sp³-hybridized carbons (Fsp3) is 0.300. The highest BCUT2D eigenvalue weighted by Crippen LogP contribution is 2.29. The van der Waals surface area contributed by atoms with Crippen molar-refractivity contribution < 1.29 is 14.3 Å². The Labute approximate surface area is 148 Å². The van der Waals surface area contributed by atoms with Crippen LogP contribution in [-0.4, -0.2) is 18.9 Å². The summed E-state index contributed by atoms with van der Waals surface area (Å²) in [4.78, 5) is 24.3. The van der Waals surface area contributed by atoms with E-state index in [2.05, 4.69) is 31.4 Å². The second-order valence-corrected chi connectivity index (χ2v) is 6.78. The number of hydrogen-bond acceptors (Lipinski definition) is 3. The highest BCUT2D eigenvalue weighted by molar-refractivity contribution is 6.39. The minimum Gasteiger partial charge on any atom is -0.497 e. The van der Waals surface area contributed by atoms with E-state index in [0.29, 0.717) is 11.4 Å². The van der Waals surface area contributed by atoms with E-state index < -0.39 is 11.8 Å². The van der Waals surface area contributed by atoms with Crippen LogP contribution in [0.1, 0.15) is 31.9 Å². The van der Waals surface area contributed by atoms with Crippen LogP contribution in [0.4, 0.5) is 5.69 Å². The van der Waals surface area contributed by atoms with Gasteiger partial charge >= 0.3 is 11.8 Å². The maximum Gasteiger partial charge on any atom is 0.313 e. The maximum absolute atomic E-state index is 12.2. The van der Waals surface area contributed by atoms with Crippen LogP contribution in [0, 0.1) is 0 Å². The monoisotopic (exact) mass is 340 g/mol. The van der Waals surface area contributed by atoms with Crippen molar-refractivity contribution in [2.75, 3.05) is 12.4 Å². The van der Waals surface area contributed by atoms with Gasteiger partial charge in [-0.1, -0.05) is 51.1 Å². The molecule has 0 spiro atoms. The molecule has 0 aliphatic heterocycles. The molecule has 2 aromatic carbocycles. The molecule has 0 aromatic heterocycles. The fourth-order valence-electron chi connectivity index (χ4n) is 2.47. The number of carbonyl (C=O) groups excluding carboxylic acids is 2. The van der Waals surface area contributed by atoms with E-state index in [1.165, 1.54) is 0 Å². The summed E-state index contributed by atoms with van der Waals surface area (Å²) >= 11 is 0. The van der Waals surface area contributed by atoms with Crippen molar-refractivity contribution in [3.8, 4) is 5.75 Å². The molecule has 5 heteroatoms. The van der Waals surface area contributed by atoms with Gasteiger partial charge in [-0.05, 0) is 34.7 Å². The van der Waals surface area contributed by atoms with Crippen LogP contribution in [0.5, 0.6) is 5.75 Å². The zero-order chi connectivity index (χ0) is 18.4. The van der Waals surface area contributed by atoms with Gasteiger partial charge in [0.2, 0.25) is 0 Å². The first-order valence-electron chi connectivity index (χ1n) is 8.13. The van der Waals surface area contributed by atoms with Crippen molar-refractivity contribution in [3.63, 3.8) is 0 Å². The van der Waals surface area contributed by atoms with E-state index >= 15 is 0 Å². The average Bonchev–Trinajstić information content (AvgIpc) is 2.59. The minimum atomic E-state index is -0.681. The summed E-state index contributed by atoms with van der Waals surface area (Å²) in [6.07, 6.45) is 0. The molecule has 132 valence electrons. The van der Waals surface area contributed by atoms with Crippen molar-refractivity contribution in [2.45, 2.75) is 32.7 Å². The Balaban J connectivity index is 2.00. The number of carbonyl (C=O) groups is 2. The molecular formula is C20H24N2O3. The summed E-state index contributed by atoms with van der Waals surface area (Å²) < 4.78 is 5.14. The first-order valence-corrected chi connectivity index (χ1v) is 8.13. The van der Waals surface area contributed by atoms with Crippen LogP contribution in [0.15, 0.2) is 48.5 Å². The highest BCUT2D eigenvalue weighted by atomic mass is 16.5. The molecule has 0 bridgehead atoms. The summed E-state index contributed by atoms with van der Waals surface area (Å²) in [6.45, 7) is 6.42. The van der Waals surface area contributed by atoms with Crippen molar-refractivity contribution in [1.82, 2.24) is 5.32 Å². The van der Waals surface area contributed by atoms with Crippen molar-refractivity contribution in [2.24, 2.45) is 0 Å². The lowest BCUT2D eigenvalue weighted by molar-refractivity contribution is -0.136. The first-order chi connectivity index (χ1) is 11.8. The molecule has 0 aliphatic rings. The lowest BCUT2D eigenvalue weighted by Crippen LogP contribution is -2.35. The van der Waals surface area contributed by atoms with Crippen LogP contribution >= 0.6 is 0 Å². The largest absolute Gasteiger partial charge is 0.497 e. The number of hydrogen-bond donors (Lipinski definition) is 2. The molecule has 0 saturated heterocycles. The zero-order valence-corrected chi connectivity index (χ0v) is 15.1. The molecule has 0 atom stereocenters. The highest BCUT2D eigenvalue weighted by Gasteiger charge is 2.20. The Morgan fingerprint density at radius 2 is 1.72 bits per heavy atom. The van der Waals surface area contributed by atoms with E-state index in [-0.39, 0.29) is 12.0 Å². The third-order valence-corrected chi connectivity index (χ3v) is 3.78. The molecule has 2 aromatic rings. The fourth-order valence-corrected chi connectivity index (χ4v) is 2.47. The average molecular weight is 340 g/mol. The van der Waals surface area contributed by atoms with Crippen LogP contribution in [-0.2, 0) is 21.5 Å². The smallest absolute Gasteiger partial charge is 0.313 e. The van der Waals surface area contributed by atoms with Gasteiger partial charge in [0, 0.05) is 12.2 Å². The number of anilines is 1. The van der Waals surface area contributed by atoms with Gasteiger partial charge in [0.1, 0.15) is 5.75 Å². The van der Waals surface area contributed by atoms with Crippen LogP contribution in [0.2, 0.25) is 0 Å². The summed E-state index contributed by atoms with van der Waals surface area (Å²) in [6, 6.07) is 14.8. The van der Waals surface area contributed by atoms with Crippen LogP contribution in [0.25, 0.3) is 0 Å². The minimum absolute atomic E-state index is 0.138. The lowest BCUT2D eigenvalue weighted by Gasteiger charge is -2.22. The van der Waals surface area contributed by atoms with E-state index in [0.717, 1.165) is 11.1 Å². The number of para-hydroxylation sites is 1. The van der Waals surface area contributed by atoms with E-state index in [4.69, 9.17) is 4.74 Å². The van der Waals surface area contributed by atoms with Crippen LogP contribution < -0.4 is 15.4 Å². The second-order valence-electron chi connectivity index (χ2n) is 6.78. The molecule has 0 saturated carbocycles. The van der Waals surface area contributed by atoms with Gasteiger partial charge in [0.25, 0.3) is 0 Å². The Morgan fingerprint density at radius 1 is 1.00 bits per heavy atom. The third kappa shape index (κ3) is 5.08. The van der Waals surface area contributed by atoms with Crippen molar-refractivity contribution in [1.29, 1.82) is 0 Å². The summed E-state index contributed by atoms with van der Waals surface area (Å²) in [7, 11) is 1.58. The van der Waals surface area contributed by atoms with Gasteiger partial charge < -0.3 is 15.4 Å². The van der Waals surface area contributed by atoms with Gasteiger partial charge in [-0.15, -0.1) is 0 Å². The molecule has 0 fully saturated rings. The van der Waals surface area contributed by atoms with Gasteiger partial charge in [-0.2, -0.15) is 0 Å². The first kappa shape index (κ1) is 18.5. The van der Waals surface area contributed by atoms with Crippen molar-refractivity contribution >= 4 is 17.5 Å². The third-order valence-electron chi connectivity index (χ3n) is 3.78. The number of ether oxygens (including phenoxy) is 1. The van der Waals surface area contributed by atoms with Crippen molar-refractivity contribution in [3.05, 3.63) is 59.7 Å². The normalized spacial score (nSPS) is 10.9. The van der Waals surface area contributed by atoms with E-state index in [1.54, 1.807) is 13.2 Å². The SMILES string of the molecule is COc1cccc(CNC(=O)C(=O)Nc2ccccc2C(C)(C)C)c1. The summed E-state index contributed by atoms with van der Waals surface area (Å²) in [5.74, 6) is -0.651. The predicted molar refractivity (Wildman–Crippen MR) is 98.6 cm³/mol. The Morgan fingerprint density at radius 3 is 2.40 bits per heavy atom. The molecule has 0 radical (unpaired) electrons. The molecule has 2 amide bonds. The van der Waals surface area contributed by atoms with E-state index in [9.17, 15) is 9.59 Å². The number of benzene rings is 2. The summed E-state index contributed by atoms with van der Waals surface area (Å²) in [5, 5.41) is 5.32. The zero-order valence-electron chi connectivity index (χ0n) is 15.1. The molecule has 0 aliphatic carbocycles. The predicted octanol–water partition coefficient (Wildman–Crippen LogP) is 3.25. The maximum atomic E-state index is 12.2. The molecule has 25 heavy (non-hydrogen) atoms. The Kier molecular flexibility index (Phi) is 5.80. The quantitative estimate of drug-likeness (QED) is 0.840. The number of rotatable bonds is 4. The van der Waals surface area contributed by atoms with Gasteiger partial charge in [0.05, 0.1) is 7.11 Å². The molecule has 0 heterocycles. The molecule has 2 N–H and O–H groups in total. The van der Waals surface area contributed by atoms with Gasteiger partial charge in [0.15, 0.2) is 0 Å². The number of amides is 2. The van der Waals surface area contributed by atoms with E-state index in [1.807, 2.05) is 42.5 Å². The standard InChI is InChI=1S/C20H24N2O3/c1-20(2,3)16-10-5-6-11-17(16)22-19(24)18(23)21-13-14-8-7-9-15(12-14)25-4/h5-12H,13H2,1-4H3,(H,21,23)(H,22,24). The molecule has 5 nitrogen and oxygen atoms in total. The molecule has 0 unspecified atom stereocenters. The Bertz CT molecular complexity index is 764. The summed E-state index contributed by atoms with van der Waals surface area (Å²) in [5.41, 5.74) is 2.34. The van der Waals surface area contributed by atoms with Gasteiger partial charge in [-0.3, -0.25) is 9.59 Å². The van der Waals surface area contributed by atoms with Gasteiger partial charge in [-0.25, -0.2) is 0 Å². The van der Waals surface area contributed by atoms with Crippen LogP contribution in [0.3, 0.4) is 0 Å². The molecule has 2 rings (SSSR count). The number of methoxy groups -OCH3 is 1.